The van der Waals surface area contributed by atoms with Crippen LogP contribution in [0.4, 0.5) is 0 Å². The molecule has 0 aliphatic rings. The Balaban J connectivity index is 0.00000210. The van der Waals surface area contributed by atoms with Crippen LogP contribution in [0.2, 0.25) is 0 Å². The molecular weight excluding hydrogens is 415 g/mol. The Hall–Kier alpha value is -1.99. The summed E-state index contributed by atoms with van der Waals surface area (Å²) < 4.78 is 17.4. The van der Waals surface area contributed by atoms with E-state index in [9.17, 15) is 4.79 Å². The molecule has 0 spiro atoms. The van der Waals surface area contributed by atoms with Crippen LogP contribution in [-0.2, 0) is 0 Å². The van der Waals surface area contributed by atoms with Crippen LogP contribution in [0.1, 0.15) is 0 Å². The van der Waals surface area contributed by atoms with Crippen molar-refractivity contribution in [1.82, 2.24) is 9.80 Å². The summed E-state index contributed by atoms with van der Waals surface area (Å²) in [6.07, 6.45) is 0. The Morgan fingerprint density at radius 2 is 1.17 bits per heavy atom. The van der Waals surface area contributed by atoms with Gasteiger partial charge in [-0.25, -0.2) is 0 Å². The van der Waals surface area contributed by atoms with E-state index >= 15 is 0 Å². The average Bonchev–Trinajstić information content (AvgIpc) is 2.62. The number of rotatable bonds is 8. The number of halogens is 2. The minimum absolute atomic E-state index is 0. The Morgan fingerprint density at radius 1 is 0.759 bits per heavy atom. The summed E-state index contributed by atoms with van der Waals surface area (Å²) in [5.41, 5.74) is 1.02. The highest BCUT2D eigenvalue weighted by Gasteiger charge is 2.10. The Labute approximate surface area is 183 Å². The first-order chi connectivity index (χ1) is 12.9. The van der Waals surface area contributed by atoms with E-state index in [1.165, 1.54) is 0 Å². The molecule has 29 heavy (non-hydrogen) atoms. The molecule has 0 amide bonds. The highest BCUT2D eigenvalue weighted by atomic mass is 35.5. The first-order valence-electron chi connectivity index (χ1n) is 9.00. The highest BCUT2D eigenvalue weighted by molar-refractivity contribution is 5.90. The quantitative estimate of drug-likeness (QED) is 0.496. The Bertz CT molecular complexity index is 914. The fourth-order valence-electron chi connectivity index (χ4n) is 2.69. The van der Waals surface area contributed by atoms with Gasteiger partial charge >= 0.3 is 0 Å². The zero-order valence-corrected chi connectivity index (χ0v) is 18.8. The van der Waals surface area contributed by atoms with E-state index in [1.807, 2.05) is 50.1 Å². The minimum Gasteiger partial charge on any atom is -0.492 e. The smallest absolute Gasteiger partial charge is 0.200 e. The predicted molar refractivity (Wildman–Crippen MR) is 123 cm³/mol. The molecule has 2 aromatic carbocycles. The van der Waals surface area contributed by atoms with Gasteiger partial charge in [-0.3, -0.25) is 4.79 Å². The van der Waals surface area contributed by atoms with Crippen LogP contribution in [-0.4, -0.2) is 64.3 Å². The Morgan fingerprint density at radius 3 is 1.55 bits per heavy atom. The lowest BCUT2D eigenvalue weighted by Gasteiger charge is -2.12. The lowest BCUT2D eigenvalue weighted by Crippen LogP contribution is -2.19. The lowest BCUT2D eigenvalue weighted by molar-refractivity contribution is 0.261. The summed E-state index contributed by atoms with van der Waals surface area (Å²) in [6, 6.07) is 10.7. The van der Waals surface area contributed by atoms with Crippen molar-refractivity contribution in [3.05, 3.63) is 46.6 Å². The molecule has 0 saturated carbocycles. The second-order valence-corrected chi connectivity index (χ2v) is 7.05. The molecule has 0 radical (unpaired) electrons. The lowest BCUT2D eigenvalue weighted by atomic mass is 10.1. The summed E-state index contributed by atoms with van der Waals surface area (Å²) in [5, 5.41) is 1.02. The summed E-state index contributed by atoms with van der Waals surface area (Å²) in [7, 11) is 7.96. The fraction of sp³-hybridized carbons (Fsp3) is 0.381. The van der Waals surface area contributed by atoms with Crippen LogP contribution in [0.15, 0.2) is 45.6 Å². The normalized spacial score (nSPS) is 10.8. The third-order valence-electron chi connectivity index (χ3n) is 4.23. The Kier molecular flexibility index (Phi) is 9.73. The molecule has 0 aliphatic heterocycles. The number of likely N-dealkylation sites (N-methyl/N-ethyl adjacent to an activating group) is 2. The maximum Gasteiger partial charge on any atom is 0.200 e. The van der Waals surface area contributed by atoms with E-state index in [1.54, 1.807) is 24.3 Å². The zero-order valence-electron chi connectivity index (χ0n) is 17.1. The largest absolute Gasteiger partial charge is 0.492 e. The van der Waals surface area contributed by atoms with Gasteiger partial charge in [-0.05, 0) is 64.6 Å². The highest BCUT2D eigenvalue weighted by Crippen LogP contribution is 2.25. The van der Waals surface area contributed by atoms with Crippen molar-refractivity contribution >= 4 is 46.8 Å². The third kappa shape index (κ3) is 6.51. The van der Waals surface area contributed by atoms with Crippen molar-refractivity contribution in [1.29, 1.82) is 0 Å². The van der Waals surface area contributed by atoms with Crippen molar-refractivity contribution < 1.29 is 13.9 Å². The SMILES string of the molecule is CN(C)CCOc1ccc2oc3ccc(OCCN(C)C)cc3c(=O)c2c1.Cl.Cl. The first kappa shape index (κ1) is 25.0. The maximum atomic E-state index is 13.0. The van der Waals surface area contributed by atoms with Crippen molar-refractivity contribution in [2.45, 2.75) is 0 Å². The molecule has 0 fully saturated rings. The number of fused-ring (bicyclic) bond motifs is 2. The van der Waals surface area contributed by atoms with Gasteiger partial charge in [-0.15, -0.1) is 24.8 Å². The molecule has 8 heteroatoms. The molecule has 0 N–H and O–H groups in total. The number of hydrogen-bond acceptors (Lipinski definition) is 6. The summed E-state index contributed by atoms with van der Waals surface area (Å²) in [5.74, 6) is 1.32. The van der Waals surface area contributed by atoms with Crippen LogP contribution in [0.25, 0.3) is 21.9 Å². The van der Waals surface area contributed by atoms with Gasteiger partial charge in [0.25, 0.3) is 0 Å². The van der Waals surface area contributed by atoms with Crippen LogP contribution < -0.4 is 14.9 Å². The molecule has 0 atom stereocenters. The predicted octanol–water partition coefficient (Wildman–Crippen LogP) is 3.67. The topological polar surface area (TPSA) is 55.2 Å². The number of nitrogens with zero attached hydrogens (tertiary/aromatic N) is 2. The minimum atomic E-state index is -0.0811. The molecule has 1 aromatic heterocycles. The maximum absolute atomic E-state index is 13.0. The molecule has 0 aliphatic carbocycles. The van der Waals surface area contributed by atoms with Gasteiger partial charge in [0.1, 0.15) is 35.9 Å². The van der Waals surface area contributed by atoms with E-state index in [-0.39, 0.29) is 30.2 Å². The van der Waals surface area contributed by atoms with Crippen molar-refractivity contribution in [2.75, 3.05) is 54.5 Å². The van der Waals surface area contributed by atoms with Gasteiger partial charge in [0, 0.05) is 13.1 Å². The molecular formula is C21H28Cl2N2O4. The van der Waals surface area contributed by atoms with Gasteiger partial charge in [0.15, 0.2) is 0 Å². The standard InChI is InChI=1S/C21H26N2O4.2ClH/c1-22(2)9-11-25-15-5-7-19-17(13-15)21(24)18-14-16(6-8-20(18)27-19)26-12-10-23(3)4;;/h5-8,13-14H,9-12H2,1-4H3;2*1H. The van der Waals surface area contributed by atoms with Crippen LogP contribution in [0.5, 0.6) is 11.5 Å². The number of ether oxygens (including phenoxy) is 2. The first-order valence-corrected chi connectivity index (χ1v) is 9.00. The fourth-order valence-corrected chi connectivity index (χ4v) is 2.69. The van der Waals surface area contributed by atoms with Crippen molar-refractivity contribution in [2.24, 2.45) is 0 Å². The van der Waals surface area contributed by atoms with Crippen molar-refractivity contribution in [3.63, 3.8) is 0 Å². The molecule has 0 bridgehead atoms. The molecule has 0 saturated heterocycles. The molecule has 1 heterocycles. The van der Waals surface area contributed by atoms with Crippen LogP contribution >= 0.6 is 24.8 Å². The zero-order chi connectivity index (χ0) is 19.4. The number of hydrogen-bond donors (Lipinski definition) is 0. The van der Waals surface area contributed by atoms with Gasteiger partial charge in [-0.2, -0.15) is 0 Å². The van der Waals surface area contributed by atoms with Crippen molar-refractivity contribution in [3.8, 4) is 11.5 Å². The van der Waals surface area contributed by atoms with Gasteiger partial charge in [0.2, 0.25) is 5.43 Å². The number of benzene rings is 2. The summed E-state index contributed by atoms with van der Waals surface area (Å²) in [6.45, 7) is 2.72. The van der Waals surface area contributed by atoms with E-state index < -0.39 is 0 Å². The molecule has 160 valence electrons. The van der Waals surface area contributed by atoms with E-state index in [4.69, 9.17) is 13.9 Å². The monoisotopic (exact) mass is 442 g/mol. The second-order valence-electron chi connectivity index (χ2n) is 7.05. The average molecular weight is 443 g/mol. The van der Waals surface area contributed by atoms with Gasteiger partial charge < -0.3 is 23.7 Å². The molecule has 3 rings (SSSR count). The molecule has 0 unspecified atom stereocenters. The van der Waals surface area contributed by atoms with E-state index in [0.29, 0.717) is 46.7 Å². The van der Waals surface area contributed by atoms with E-state index in [0.717, 1.165) is 13.1 Å². The molecule has 6 nitrogen and oxygen atoms in total. The second kappa shape index (κ2) is 11.3. The van der Waals surface area contributed by atoms with Gasteiger partial charge in [-0.1, -0.05) is 0 Å². The summed E-state index contributed by atoms with van der Waals surface area (Å²) >= 11 is 0. The molecule has 3 aromatic rings. The van der Waals surface area contributed by atoms with Gasteiger partial charge in [0.05, 0.1) is 10.8 Å². The van der Waals surface area contributed by atoms with Crippen LogP contribution in [0.3, 0.4) is 0 Å². The summed E-state index contributed by atoms with van der Waals surface area (Å²) in [4.78, 5) is 17.1. The van der Waals surface area contributed by atoms with E-state index in [2.05, 4.69) is 0 Å². The third-order valence-corrected chi connectivity index (χ3v) is 4.23. The van der Waals surface area contributed by atoms with Crippen LogP contribution in [0, 0.1) is 0 Å².